The monoisotopic (exact) mass is 581 g/mol. The van der Waals surface area contributed by atoms with Gasteiger partial charge in [-0.1, -0.05) is 26.0 Å². The number of phenolic OH excluding ortho intramolecular Hbond substituents is 1. The molecule has 1 rings (SSSR count). The van der Waals surface area contributed by atoms with Gasteiger partial charge in [0.1, 0.15) is 23.9 Å². The molecule has 14 heteroatoms. The number of nitrogens with zero attached hydrogens (tertiary/aromatic N) is 1. The number of carbonyl (C=O) groups is 4. The summed E-state index contributed by atoms with van der Waals surface area (Å²) in [5.41, 5.74) is 17.3. The SMILES string of the molecule is CSCCC(NC(=O)C(CCCN=C(N)N)NC(=O)C(N)CC(C)C)C(=O)NC(Cc1ccc(O)cc1)C(=O)O. The lowest BCUT2D eigenvalue weighted by atomic mass is 10.0. The van der Waals surface area contributed by atoms with Crippen molar-refractivity contribution in [2.24, 2.45) is 28.1 Å². The van der Waals surface area contributed by atoms with E-state index in [0.717, 1.165) is 0 Å². The Kier molecular flexibility index (Phi) is 15.5. The fraction of sp³-hybridized carbons (Fsp3) is 0.577. The van der Waals surface area contributed by atoms with Crippen LogP contribution in [0.3, 0.4) is 0 Å². The smallest absolute Gasteiger partial charge is 0.326 e. The molecule has 4 atom stereocenters. The van der Waals surface area contributed by atoms with E-state index in [1.165, 1.54) is 23.9 Å². The number of guanidine groups is 1. The molecule has 0 aliphatic carbocycles. The number of thioether (sulfide) groups is 1. The first-order valence-electron chi connectivity index (χ1n) is 13.1. The molecule has 0 spiro atoms. The number of amides is 3. The van der Waals surface area contributed by atoms with E-state index in [9.17, 15) is 29.4 Å². The molecule has 11 N–H and O–H groups in total. The molecular weight excluding hydrogens is 538 g/mol. The number of carboxylic acid groups (broad SMARTS) is 1. The Morgan fingerprint density at radius 1 is 0.925 bits per heavy atom. The van der Waals surface area contributed by atoms with Crippen molar-refractivity contribution in [1.82, 2.24) is 16.0 Å². The van der Waals surface area contributed by atoms with Gasteiger partial charge in [0.15, 0.2) is 5.96 Å². The van der Waals surface area contributed by atoms with E-state index in [0.29, 0.717) is 24.2 Å². The lowest BCUT2D eigenvalue weighted by molar-refractivity contribution is -0.142. The number of aliphatic imine (C=N–C) groups is 1. The summed E-state index contributed by atoms with van der Waals surface area (Å²) in [6, 6.07) is 1.81. The minimum Gasteiger partial charge on any atom is -0.508 e. The number of nitrogens with one attached hydrogen (secondary N) is 3. The molecule has 1 aromatic rings. The number of benzene rings is 1. The number of carbonyl (C=O) groups excluding carboxylic acids is 3. The predicted molar refractivity (Wildman–Crippen MR) is 156 cm³/mol. The minimum absolute atomic E-state index is 0.0260. The second kappa shape index (κ2) is 17.9. The van der Waals surface area contributed by atoms with E-state index < -0.39 is 47.9 Å². The summed E-state index contributed by atoms with van der Waals surface area (Å²) in [5, 5.41) is 27.0. The quantitative estimate of drug-likeness (QED) is 0.0637. The van der Waals surface area contributed by atoms with Crippen LogP contribution in [0.4, 0.5) is 0 Å². The fourth-order valence-electron chi connectivity index (χ4n) is 3.78. The first-order valence-corrected chi connectivity index (χ1v) is 14.4. The minimum atomic E-state index is -1.27. The van der Waals surface area contributed by atoms with Gasteiger partial charge in [-0.15, -0.1) is 0 Å². The third-order valence-electron chi connectivity index (χ3n) is 5.87. The van der Waals surface area contributed by atoms with E-state index >= 15 is 0 Å². The van der Waals surface area contributed by atoms with Gasteiger partial charge in [-0.05, 0) is 61.3 Å². The lowest BCUT2D eigenvalue weighted by Crippen LogP contribution is -2.57. The maximum Gasteiger partial charge on any atom is 0.326 e. The van der Waals surface area contributed by atoms with Crippen LogP contribution < -0.4 is 33.2 Å². The van der Waals surface area contributed by atoms with Gasteiger partial charge in [0.25, 0.3) is 0 Å². The van der Waals surface area contributed by atoms with Crippen molar-refractivity contribution in [2.45, 2.75) is 70.1 Å². The van der Waals surface area contributed by atoms with Gasteiger partial charge in [0, 0.05) is 13.0 Å². The van der Waals surface area contributed by atoms with Crippen LogP contribution in [0.2, 0.25) is 0 Å². The number of rotatable bonds is 18. The molecule has 13 nitrogen and oxygen atoms in total. The molecule has 0 fully saturated rings. The molecule has 1 aromatic carbocycles. The summed E-state index contributed by atoms with van der Waals surface area (Å²) in [7, 11) is 0. The molecule has 0 aliphatic rings. The van der Waals surface area contributed by atoms with Gasteiger partial charge < -0.3 is 43.4 Å². The third kappa shape index (κ3) is 13.5. The maximum absolute atomic E-state index is 13.3. The van der Waals surface area contributed by atoms with Crippen LogP contribution in [0, 0.1) is 5.92 Å². The Morgan fingerprint density at radius 3 is 2.00 bits per heavy atom. The standard InChI is InChI=1S/C26H43N7O6S/c1-15(2)13-18(27)22(35)31-19(5-4-11-30-26(28)29)23(36)32-20(10-12-40-3)24(37)33-21(25(38)39)14-16-6-8-17(34)9-7-16/h6-9,15,18-21,34H,4-5,10-14,27H2,1-3H3,(H,31,35)(H,32,36)(H,33,37)(H,38,39)(H4,28,29,30). The number of carboxylic acids is 1. The van der Waals surface area contributed by atoms with Crippen molar-refractivity contribution in [1.29, 1.82) is 0 Å². The van der Waals surface area contributed by atoms with Gasteiger partial charge in [-0.2, -0.15) is 11.8 Å². The topological polar surface area (TPSA) is 235 Å². The van der Waals surface area contributed by atoms with Crippen LogP contribution in [-0.4, -0.2) is 82.6 Å². The molecule has 4 unspecified atom stereocenters. The van der Waals surface area contributed by atoms with Crippen LogP contribution in [0.5, 0.6) is 5.75 Å². The first kappa shape index (κ1) is 34.5. The maximum atomic E-state index is 13.3. The summed E-state index contributed by atoms with van der Waals surface area (Å²) in [5.74, 6) is -2.42. The molecule has 0 saturated carbocycles. The summed E-state index contributed by atoms with van der Waals surface area (Å²) >= 11 is 1.46. The highest BCUT2D eigenvalue weighted by Gasteiger charge is 2.30. The van der Waals surface area contributed by atoms with Crippen molar-refractivity contribution in [3.8, 4) is 5.75 Å². The zero-order chi connectivity index (χ0) is 30.2. The van der Waals surface area contributed by atoms with Gasteiger partial charge in [-0.3, -0.25) is 19.4 Å². The fourth-order valence-corrected chi connectivity index (χ4v) is 4.25. The zero-order valence-electron chi connectivity index (χ0n) is 23.3. The van der Waals surface area contributed by atoms with Gasteiger partial charge in [0.05, 0.1) is 6.04 Å². The highest BCUT2D eigenvalue weighted by molar-refractivity contribution is 7.98. The van der Waals surface area contributed by atoms with E-state index in [2.05, 4.69) is 20.9 Å². The average molecular weight is 582 g/mol. The van der Waals surface area contributed by atoms with Gasteiger partial charge in [0.2, 0.25) is 17.7 Å². The van der Waals surface area contributed by atoms with Gasteiger partial charge >= 0.3 is 5.97 Å². The van der Waals surface area contributed by atoms with Gasteiger partial charge in [-0.25, -0.2) is 4.79 Å². The summed E-state index contributed by atoms with van der Waals surface area (Å²) < 4.78 is 0. The molecular formula is C26H43N7O6S. The first-order chi connectivity index (χ1) is 18.8. The molecule has 0 aliphatic heterocycles. The molecule has 0 saturated heterocycles. The predicted octanol–water partition coefficient (Wildman–Crippen LogP) is -0.346. The number of phenols is 1. The van der Waals surface area contributed by atoms with Crippen molar-refractivity contribution >= 4 is 41.4 Å². The van der Waals surface area contributed by atoms with Crippen molar-refractivity contribution in [3.63, 3.8) is 0 Å². The van der Waals surface area contributed by atoms with E-state index in [1.807, 2.05) is 20.1 Å². The van der Waals surface area contributed by atoms with E-state index in [4.69, 9.17) is 17.2 Å². The summed E-state index contributed by atoms with van der Waals surface area (Å²) in [6.45, 7) is 4.08. The van der Waals surface area contributed by atoms with Crippen LogP contribution in [0.25, 0.3) is 0 Å². The van der Waals surface area contributed by atoms with Crippen molar-refractivity contribution in [3.05, 3.63) is 29.8 Å². The molecule has 0 bridgehead atoms. The third-order valence-corrected chi connectivity index (χ3v) is 6.52. The molecule has 0 heterocycles. The summed E-state index contributed by atoms with van der Waals surface area (Å²) in [6.07, 6.45) is 3.01. The van der Waals surface area contributed by atoms with Crippen molar-refractivity contribution in [2.75, 3.05) is 18.6 Å². The molecule has 0 radical (unpaired) electrons. The molecule has 0 aromatic heterocycles. The van der Waals surface area contributed by atoms with Crippen LogP contribution >= 0.6 is 11.8 Å². The highest BCUT2D eigenvalue weighted by Crippen LogP contribution is 2.12. The van der Waals surface area contributed by atoms with Crippen molar-refractivity contribution < 1.29 is 29.4 Å². The number of aromatic hydroxyl groups is 1. The van der Waals surface area contributed by atoms with Crippen LogP contribution in [0.1, 0.15) is 45.1 Å². The highest BCUT2D eigenvalue weighted by atomic mass is 32.2. The number of aliphatic carboxylic acids is 1. The second-order valence-corrected chi connectivity index (χ2v) is 10.8. The Labute approximate surface area is 239 Å². The zero-order valence-corrected chi connectivity index (χ0v) is 24.1. The van der Waals surface area contributed by atoms with Crippen LogP contribution in [0.15, 0.2) is 29.3 Å². The number of hydrogen-bond donors (Lipinski definition) is 8. The van der Waals surface area contributed by atoms with Crippen LogP contribution in [-0.2, 0) is 25.6 Å². The normalized spacial score (nSPS) is 13.9. The molecule has 40 heavy (non-hydrogen) atoms. The Hall–Kier alpha value is -3.52. The molecule has 3 amide bonds. The molecule has 224 valence electrons. The Bertz CT molecular complexity index is 1000. The average Bonchev–Trinajstić information content (AvgIpc) is 2.88. The second-order valence-electron chi connectivity index (χ2n) is 9.86. The Morgan fingerprint density at radius 2 is 1.48 bits per heavy atom. The lowest BCUT2D eigenvalue weighted by Gasteiger charge is -2.25. The summed E-state index contributed by atoms with van der Waals surface area (Å²) in [4.78, 5) is 54.9. The number of hydrogen-bond acceptors (Lipinski definition) is 8. The Balaban J connectivity index is 3.03. The van der Waals surface area contributed by atoms with E-state index in [1.54, 1.807) is 12.1 Å². The number of nitrogens with two attached hydrogens (primary N) is 3. The van der Waals surface area contributed by atoms with E-state index in [-0.39, 0.29) is 43.4 Å². The largest absolute Gasteiger partial charge is 0.508 e.